The molecule has 1 aliphatic heterocycles. The highest BCUT2D eigenvalue weighted by molar-refractivity contribution is 7.81. The summed E-state index contributed by atoms with van der Waals surface area (Å²) in [4.78, 5) is 14.4. The minimum atomic E-state index is -0.353. The molecule has 4 rings (SSSR count). The van der Waals surface area contributed by atoms with Gasteiger partial charge in [0.05, 0.1) is 18.3 Å². The monoisotopic (exact) mass is 394 g/mol. The minimum Gasteiger partial charge on any atom is -0.410 e. The van der Waals surface area contributed by atoms with Crippen LogP contribution in [0.4, 0.5) is 4.79 Å². The highest BCUT2D eigenvalue weighted by Gasteiger charge is 2.35. The Kier molecular flexibility index (Phi) is 5.34. The predicted octanol–water partition coefficient (Wildman–Crippen LogP) is 3.83. The van der Waals surface area contributed by atoms with Gasteiger partial charge in [0.2, 0.25) is 0 Å². The van der Waals surface area contributed by atoms with Crippen LogP contribution in [0, 0.1) is 6.92 Å². The zero-order valence-electron chi connectivity index (χ0n) is 15.6. The number of benzene rings is 2. The molecule has 6 nitrogen and oxygen atoms in total. The van der Waals surface area contributed by atoms with E-state index < -0.39 is 0 Å². The van der Waals surface area contributed by atoms with Crippen LogP contribution in [-0.4, -0.2) is 43.8 Å². The van der Waals surface area contributed by atoms with Crippen molar-refractivity contribution in [2.24, 2.45) is 0 Å². The number of hydrogen-bond acceptors (Lipinski definition) is 5. The number of amides is 1. The molecule has 1 aliphatic rings. The van der Waals surface area contributed by atoms with E-state index in [1.54, 1.807) is 17.0 Å². The van der Waals surface area contributed by atoms with Crippen LogP contribution >= 0.6 is 12.6 Å². The Morgan fingerprint density at radius 2 is 1.82 bits per heavy atom. The molecule has 0 aliphatic carbocycles. The van der Waals surface area contributed by atoms with Gasteiger partial charge >= 0.3 is 6.09 Å². The number of carbonyl (C=O) groups is 1. The fraction of sp³-hybridized carbons (Fsp3) is 0.286. The Labute approximate surface area is 169 Å². The van der Waals surface area contributed by atoms with Crippen molar-refractivity contribution in [3.63, 3.8) is 0 Å². The summed E-state index contributed by atoms with van der Waals surface area (Å²) < 4.78 is 7.39. The summed E-state index contributed by atoms with van der Waals surface area (Å²) in [5.41, 5.74) is 2.87. The number of carbonyl (C=O) groups excluding carboxylic acids is 1. The fourth-order valence-corrected chi connectivity index (χ4v) is 3.95. The molecule has 7 heteroatoms. The van der Waals surface area contributed by atoms with Gasteiger partial charge in [0.1, 0.15) is 11.4 Å². The minimum absolute atomic E-state index is 0.0391. The van der Waals surface area contributed by atoms with Gasteiger partial charge in [0.25, 0.3) is 0 Å². The molecule has 2 heterocycles. The van der Waals surface area contributed by atoms with Crippen LogP contribution in [0.3, 0.4) is 0 Å². The number of hydrogen-bond donors (Lipinski definition) is 1. The Morgan fingerprint density at radius 1 is 1.14 bits per heavy atom. The summed E-state index contributed by atoms with van der Waals surface area (Å²) >= 11 is 4.59. The Balaban J connectivity index is 1.50. The van der Waals surface area contributed by atoms with Crippen molar-refractivity contribution in [3.05, 3.63) is 66.4 Å². The predicted molar refractivity (Wildman–Crippen MR) is 111 cm³/mol. The summed E-state index contributed by atoms with van der Waals surface area (Å²) in [6, 6.07) is 19.1. The molecule has 2 atom stereocenters. The van der Waals surface area contributed by atoms with Crippen molar-refractivity contribution >= 4 is 18.7 Å². The van der Waals surface area contributed by atoms with Crippen molar-refractivity contribution in [3.8, 4) is 17.0 Å². The zero-order chi connectivity index (χ0) is 19.5. The first-order chi connectivity index (χ1) is 13.6. The topological polar surface area (TPSA) is 60.2 Å². The molecule has 1 amide bonds. The summed E-state index contributed by atoms with van der Waals surface area (Å²) in [7, 11) is 0. The molecule has 1 fully saturated rings. The maximum atomic E-state index is 12.7. The van der Waals surface area contributed by atoms with Crippen molar-refractivity contribution < 1.29 is 9.53 Å². The quantitative estimate of drug-likeness (QED) is 0.684. The largest absolute Gasteiger partial charge is 0.415 e. The molecule has 0 unspecified atom stereocenters. The standard InChI is InChI=1S/C21H22N4O2S/c1-15-20(16-8-4-2-5-9-16)22-23-25(15)13-17-12-19(28)14-24(17)21(26)27-18-10-6-3-7-11-18/h2-11,17,19,28H,12-14H2,1H3/t17-,19+/m0/s1. The molecule has 0 spiro atoms. The first-order valence-electron chi connectivity index (χ1n) is 9.29. The van der Waals surface area contributed by atoms with Crippen LogP contribution in [0.1, 0.15) is 12.1 Å². The lowest BCUT2D eigenvalue weighted by molar-refractivity contribution is 0.142. The van der Waals surface area contributed by atoms with Gasteiger partial charge in [-0.3, -0.25) is 0 Å². The van der Waals surface area contributed by atoms with Crippen molar-refractivity contribution in [2.45, 2.75) is 31.2 Å². The number of likely N-dealkylation sites (tertiary alicyclic amines) is 1. The lowest BCUT2D eigenvalue weighted by atomic mass is 10.1. The third-order valence-electron chi connectivity index (χ3n) is 4.99. The van der Waals surface area contributed by atoms with Crippen LogP contribution < -0.4 is 4.74 Å². The molecular formula is C21H22N4O2S. The number of thiol groups is 1. The Morgan fingerprint density at radius 3 is 2.54 bits per heavy atom. The molecule has 3 aromatic rings. The molecule has 1 saturated heterocycles. The van der Waals surface area contributed by atoms with Gasteiger partial charge in [-0.15, -0.1) is 5.10 Å². The number of ether oxygens (including phenoxy) is 1. The molecule has 2 aromatic carbocycles. The van der Waals surface area contributed by atoms with Crippen molar-refractivity contribution in [1.29, 1.82) is 0 Å². The maximum Gasteiger partial charge on any atom is 0.415 e. The van der Waals surface area contributed by atoms with E-state index in [1.807, 2.05) is 60.1 Å². The van der Waals surface area contributed by atoms with E-state index >= 15 is 0 Å². The zero-order valence-corrected chi connectivity index (χ0v) is 16.5. The van der Waals surface area contributed by atoms with Crippen LogP contribution in [0.15, 0.2) is 60.7 Å². The molecule has 144 valence electrons. The number of rotatable bonds is 4. The van der Waals surface area contributed by atoms with E-state index in [2.05, 4.69) is 22.9 Å². The fourth-order valence-electron chi connectivity index (χ4n) is 3.53. The van der Waals surface area contributed by atoms with Gasteiger partial charge in [-0.2, -0.15) is 12.6 Å². The first-order valence-corrected chi connectivity index (χ1v) is 9.80. The summed E-state index contributed by atoms with van der Waals surface area (Å²) in [6.07, 6.45) is 0.432. The summed E-state index contributed by atoms with van der Waals surface area (Å²) in [5.74, 6) is 0.539. The number of aromatic nitrogens is 3. The highest BCUT2D eigenvalue weighted by Crippen LogP contribution is 2.26. The van der Waals surface area contributed by atoms with Crippen LogP contribution in [0.2, 0.25) is 0 Å². The molecule has 1 aromatic heterocycles. The Hall–Kier alpha value is -2.80. The smallest absolute Gasteiger partial charge is 0.410 e. The first kappa shape index (κ1) is 18.6. The van der Waals surface area contributed by atoms with Crippen LogP contribution in [-0.2, 0) is 6.54 Å². The lowest BCUT2D eigenvalue weighted by Crippen LogP contribution is -2.40. The van der Waals surface area contributed by atoms with Gasteiger partial charge in [0.15, 0.2) is 0 Å². The highest BCUT2D eigenvalue weighted by atomic mass is 32.1. The second kappa shape index (κ2) is 8.06. The molecule has 0 N–H and O–H groups in total. The average molecular weight is 395 g/mol. The van der Waals surface area contributed by atoms with Gasteiger partial charge < -0.3 is 9.64 Å². The normalized spacial score (nSPS) is 19.0. The molecule has 0 saturated carbocycles. The number of nitrogens with zero attached hydrogens (tertiary/aromatic N) is 4. The van der Waals surface area contributed by atoms with E-state index in [1.165, 1.54) is 0 Å². The second-order valence-corrected chi connectivity index (χ2v) is 7.68. The van der Waals surface area contributed by atoms with E-state index in [0.29, 0.717) is 18.8 Å². The third-order valence-corrected chi connectivity index (χ3v) is 5.36. The van der Waals surface area contributed by atoms with Gasteiger partial charge in [-0.25, -0.2) is 9.48 Å². The van der Waals surface area contributed by atoms with E-state index in [9.17, 15) is 4.79 Å². The molecule has 0 bridgehead atoms. The Bertz CT molecular complexity index is 946. The van der Waals surface area contributed by atoms with Gasteiger partial charge in [-0.1, -0.05) is 53.7 Å². The third kappa shape index (κ3) is 3.89. The van der Waals surface area contributed by atoms with E-state index in [0.717, 1.165) is 23.4 Å². The number of para-hydroxylation sites is 1. The molecule has 0 radical (unpaired) electrons. The van der Waals surface area contributed by atoms with Gasteiger partial charge in [-0.05, 0) is 25.5 Å². The van der Waals surface area contributed by atoms with E-state index in [-0.39, 0.29) is 17.4 Å². The van der Waals surface area contributed by atoms with Crippen molar-refractivity contribution in [2.75, 3.05) is 6.54 Å². The summed E-state index contributed by atoms with van der Waals surface area (Å²) in [5, 5.41) is 8.78. The lowest BCUT2D eigenvalue weighted by Gasteiger charge is -2.24. The summed E-state index contributed by atoms with van der Waals surface area (Å²) in [6.45, 7) is 3.12. The van der Waals surface area contributed by atoms with Crippen LogP contribution in [0.5, 0.6) is 5.75 Å². The van der Waals surface area contributed by atoms with Crippen molar-refractivity contribution in [1.82, 2.24) is 19.9 Å². The van der Waals surface area contributed by atoms with E-state index in [4.69, 9.17) is 4.74 Å². The molecular weight excluding hydrogens is 372 g/mol. The second-order valence-electron chi connectivity index (χ2n) is 6.95. The SMILES string of the molecule is Cc1c(-c2ccccc2)nnn1C[C@@H]1C[C@@H](S)CN1C(=O)Oc1ccccc1. The molecule has 28 heavy (non-hydrogen) atoms. The maximum absolute atomic E-state index is 12.7. The van der Waals surface area contributed by atoms with Gasteiger partial charge in [0, 0.05) is 17.4 Å². The average Bonchev–Trinajstić information content (AvgIpc) is 3.26. The van der Waals surface area contributed by atoms with Crippen LogP contribution in [0.25, 0.3) is 11.3 Å².